The van der Waals surface area contributed by atoms with Crippen LogP contribution in [0.25, 0.3) is 5.82 Å². The van der Waals surface area contributed by atoms with Gasteiger partial charge in [-0.2, -0.15) is 0 Å². The summed E-state index contributed by atoms with van der Waals surface area (Å²) in [6.07, 6.45) is 7.76. The number of nitrogens with two attached hydrogens (primary N) is 1. The van der Waals surface area contributed by atoms with E-state index in [1.165, 1.54) is 6.08 Å². The maximum atomic E-state index is 9.71. The molecule has 0 saturated heterocycles. The van der Waals surface area contributed by atoms with E-state index in [0.717, 1.165) is 5.82 Å². The molecule has 0 spiro atoms. The normalized spacial score (nSPS) is 8.89. The number of nitrogens with zero attached hydrogens (tertiary/aromatic N) is 3. The second-order valence-corrected chi connectivity index (χ2v) is 3.08. The minimum Gasteiger partial charge on any atom is -0.445 e. The summed E-state index contributed by atoms with van der Waals surface area (Å²) in [6, 6.07) is 5.77. The van der Waals surface area contributed by atoms with E-state index in [9.17, 15) is 4.79 Å². The molecule has 0 radical (unpaired) electrons. The first-order chi connectivity index (χ1) is 8.74. The quantitative estimate of drug-likeness (QED) is 0.832. The van der Waals surface area contributed by atoms with Crippen molar-refractivity contribution in [1.29, 1.82) is 0 Å². The number of hydrogen-bond donors (Lipinski definition) is 1. The third-order valence-corrected chi connectivity index (χ3v) is 1.76. The predicted octanol–water partition coefficient (Wildman–Crippen LogP) is 1.54. The van der Waals surface area contributed by atoms with Gasteiger partial charge >= 0.3 is 6.09 Å². The summed E-state index contributed by atoms with van der Waals surface area (Å²) in [7, 11) is 0. The molecule has 0 aliphatic carbocycles. The predicted molar refractivity (Wildman–Crippen MR) is 67.1 cm³/mol. The van der Waals surface area contributed by atoms with Gasteiger partial charge in [-0.1, -0.05) is 18.7 Å². The van der Waals surface area contributed by atoms with Crippen molar-refractivity contribution in [3.63, 3.8) is 0 Å². The van der Waals surface area contributed by atoms with Crippen molar-refractivity contribution in [3.05, 3.63) is 55.8 Å². The minimum absolute atomic E-state index is 0.190. The Bertz CT molecular complexity index is 468. The van der Waals surface area contributed by atoms with Crippen molar-refractivity contribution in [2.75, 3.05) is 6.61 Å². The Labute approximate surface area is 105 Å². The third-order valence-electron chi connectivity index (χ3n) is 1.76. The van der Waals surface area contributed by atoms with Crippen LogP contribution in [-0.2, 0) is 4.74 Å². The van der Waals surface area contributed by atoms with Crippen LogP contribution in [0, 0.1) is 0 Å². The van der Waals surface area contributed by atoms with E-state index in [1.807, 2.05) is 29.0 Å². The second kappa shape index (κ2) is 7.61. The van der Waals surface area contributed by atoms with Crippen molar-refractivity contribution in [2.24, 2.45) is 5.73 Å². The summed E-state index contributed by atoms with van der Waals surface area (Å²) in [6.45, 7) is 3.49. The van der Waals surface area contributed by atoms with Crippen molar-refractivity contribution < 1.29 is 9.53 Å². The Kier molecular flexibility index (Phi) is 5.68. The lowest BCUT2D eigenvalue weighted by atomic mass is 10.5. The maximum absolute atomic E-state index is 9.71. The number of pyridine rings is 1. The average molecular weight is 246 g/mol. The molecule has 0 unspecified atom stereocenters. The van der Waals surface area contributed by atoms with E-state index in [0.29, 0.717) is 0 Å². The number of carbonyl (C=O) groups is 1. The number of ether oxygens (including phenoxy) is 1. The van der Waals surface area contributed by atoms with Gasteiger partial charge in [-0.3, -0.25) is 4.57 Å². The van der Waals surface area contributed by atoms with Gasteiger partial charge in [0.15, 0.2) is 0 Å². The van der Waals surface area contributed by atoms with Crippen LogP contribution in [0.5, 0.6) is 0 Å². The van der Waals surface area contributed by atoms with Gasteiger partial charge in [-0.15, -0.1) is 0 Å². The molecule has 2 N–H and O–H groups in total. The number of hydrogen-bond acceptors (Lipinski definition) is 4. The first-order valence-corrected chi connectivity index (χ1v) is 5.16. The number of primary amides is 1. The molecule has 94 valence electrons. The lowest BCUT2D eigenvalue weighted by Crippen LogP contribution is -2.12. The highest BCUT2D eigenvalue weighted by molar-refractivity contribution is 5.64. The number of carbonyl (C=O) groups excluding carboxylic acids is 1. The average Bonchev–Trinajstić information content (AvgIpc) is 2.92. The lowest BCUT2D eigenvalue weighted by Gasteiger charge is -1.96. The smallest absolute Gasteiger partial charge is 0.404 e. The van der Waals surface area contributed by atoms with Gasteiger partial charge in [0.25, 0.3) is 0 Å². The van der Waals surface area contributed by atoms with Crippen molar-refractivity contribution >= 4 is 6.09 Å². The molecule has 0 aliphatic rings. The molecule has 18 heavy (non-hydrogen) atoms. The van der Waals surface area contributed by atoms with Crippen molar-refractivity contribution in [2.45, 2.75) is 0 Å². The van der Waals surface area contributed by atoms with E-state index >= 15 is 0 Å². The Morgan fingerprint density at radius 3 is 2.78 bits per heavy atom. The number of aromatic nitrogens is 3. The van der Waals surface area contributed by atoms with Gasteiger partial charge in [0.1, 0.15) is 18.8 Å². The molecule has 6 heteroatoms. The van der Waals surface area contributed by atoms with Gasteiger partial charge in [0.05, 0.1) is 0 Å². The molecule has 2 aromatic rings. The van der Waals surface area contributed by atoms with Crippen LogP contribution in [-0.4, -0.2) is 27.2 Å². The zero-order valence-electron chi connectivity index (χ0n) is 9.77. The SMILES string of the molecule is C=CCOC(N)=O.c1ccc(-n2ccnc2)nc1. The van der Waals surface area contributed by atoms with Crippen LogP contribution in [0.4, 0.5) is 4.79 Å². The number of imidazole rings is 1. The molecule has 0 atom stereocenters. The number of amides is 1. The van der Waals surface area contributed by atoms with Gasteiger partial charge in [0, 0.05) is 18.6 Å². The van der Waals surface area contributed by atoms with E-state index in [2.05, 4.69) is 27.0 Å². The largest absolute Gasteiger partial charge is 0.445 e. The molecule has 2 rings (SSSR count). The molecule has 0 aliphatic heterocycles. The summed E-state index contributed by atoms with van der Waals surface area (Å²) >= 11 is 0. The van der Waals surface area contributed by atoms with Crippen molar-refractivity contribution in [1.82, 2.24) is 14.5 Å². The van der Waals surface area contributed by atoms with Crippen LogP contribution < -0.4 is 5.73 Å². The molecule has 0 bridgehead atoms. The summed E-state index contributed by atoms with van der Waals surface area (Å²) in [5.74, 6) is 0.894. The molecular formula is C12H14N4O2. The van der Waals surface area contributed by atoms with Crippen LogP contribution >= 0.6 is 0 Å². The molecule has 1 amide bonds. The van der Waals surface area contributed by atoms with Gasteiger partial charge in [0.2, 0.25) is 0 Å². The summed E-state index contributed by atoms with van der Waals surface area (Å²) < 4.78 is 6.07. The topological polar surface area (TPSA) is 83.0 Å². The third kappa shape index (κ3) is 4.93. The first-order valence-electron chi connectivity index (χ1n) is 5.16. The fourth-order valence-electron chi connectivity index (χ4n) is 1.04. The lowest BCUT2D eigenvalue weighted by molar-refractivity contribution is 0.169. The minimum atomic E-state index is -0.764. The molecule has 0 saturated carbocycles. The molecule has 0 fully saturated rings. The highest BCUT2D eigenvalue weighted by Crippen LogP contribution is 1.99. The highest BCUT2D eigenvalue weighted by atomic mass is 16.5. The molecule has 0 aromatic carbocycles. The number of rotatable bonds is 3. The first kappa shape index (κ1) is 13.4. The van der Waals surface area contributed by atoms with Crippen LogP contribution in [0.15, 0.2) is 55.8 Å². The van der Waals surface area contributed by atoms with E-state index in [-0.39, 0.29) is 6.61 Å². The molecule has 6 nitrogen and oxygen atoms in total. The zero-order chi connectivity index (χ0) is 13.2. The summed E-state index contributed by atoms with van der Waals surface area (Å²) in [4.78, 5) is 17.8. The van der Waals surface area contributed by atoms with E-state index in [1.54, 1.807) is 18.7 Å². The van der Waals surface area contributed by atoms with Crippen LogP contribution in [0.2, 0.25) is 0 Å². The van der Waals surface area contributed by atoms with E-state index < -0.39 is 6.09 Å². The molecule has 2 heterocycles. The van der Waals surface area contributed by atoms with Crippen molar-refractivity contribution in [3.8, 4) is 5.82 Å². The zero-order valence-corrected chi connectivity index (χ0v) is 9.77. The summed E-state index contributed by atoms with van der Waals surface area (Å²) in [5.41, 5.74) is 4.57. The molecular weight excluding hydrogens is 232 g/mol. The van der Waals surface area contributed by atoms with Crippen LogP contribution in [0.3, 0.4) is 0 Å². The Morgan fingerprint density at radius 2 is 2.33 bits per heavy atom. The van der Waals surface area contributed by atoms with Gasteiger partial charge in [-0.25, -0.2) is 14.8 Å². The van der Waals surface area contributed by atoms with Crippen LogP contribution in [0.1, 0.15) is 0 Å². The van der Waals surface area contributed by atoms with Gasteiger partial charge < -0.3 is 10.5 Å². The Hall–Kier alpha value is -2.63. The fraction of sp³-hybridized carbons (Fsp3) is 0.0833. The maximum Gasteiger partial charge on any atom is 0.404 e. The monoisotopic (exact) mass is 246 g/mol. The fourth-order valence-corrected chi connectivity index (χ4v) is 1.04. The highest BCUT2D eigenvalue weighted by Gasteiger charge is 1.91. The van der Waals surface area contributed by atoms with E-state index in [4.69, 9.17) is 0 Å². The second-order valence-electron chi connectivity index (χ2n) is 3.08. The Balaban J connectivity index is 0.000000203. The standard InChI is InChI=1S/C8H7N3.C4H7NO2/c1-2-4-10-8(3-1)11-6-5-9-7-11;1-2-3-7-4(5)6/h1-7H;2H,1,3H2,(H2,5,6). The molecule has 2 aromatic heterocycles. The van der Waals surface area contributed by atoms with Gasteiger partial charge in [-0.05, 0) is 12.1 Å². The Morgan fingerprint density at radius 1 is 1.50 bits per heavy atom. The summed E-state index contributed by atoms with van der Waals surface area (Å²) in [5, 5.41) is 0.